The molecule has 5 nitrogen and oxygen atoms in total. The van der Waals surface area contributed by atoms with Crippen LogP contribution in [0.2, 0.25) is 0 Å². The van der Waals surface area contributed by atoms with E-state index in [0.717, 1.165) is 29.2 Å². The minimum Gasteiger partial charge on any atom is -0.497 e. The van der Waals surface area contributed by atoms with Crippen LogP contribution in [0.15, 0.2) is 72.9 Å². The third kappa shape index (κ3) is 5.20. The van der Waals surface area contributed by atoms with E-state index in [1.807, 2.05) is 43.3 Å². The number of methoxy groups -OCH3 is 1. The number of aryl methyl sites for hydroxylation is 1. The van der Waals surface area contributed by atoms with Crippen LogP contribution >= 0.6 is 0 Å². The van der Waals surface area contributed by atoms with Gasteiger partial charge in [-0.15, -0.1) is 0 Å². The fourth-order valence-electron chi connectivity index (χ4n) is 4.17. The molecule has 0 aliphatic carbocycles. The van der Waals surface area contributed by atoms with Gasteiger partial charge in [0.2, 0.25) is 0 Å². The topological polar surface area (TPSA) is 60.7 Å². The first-order valence-electron chi connectivity index (χ1n) is 11.1. The van der Waals surface area contributed by atoms with Crippen LogP contribution < -0.4 is 9.47 Å². The zero-order valence-corrected chi connectivity index (χ0v) is 19.2. The van der Waals surface area contributed by atoms with Crippen molar-refractivity contribution in [2.45, 2.75) is 39.3 Å². The van der Waals surface area contributed by atoms with E-state index >= 15 is 0 Å². The molecule has 0 fully saturated rings. The summed E-state index contributed by atoms with van der Waals surface area (Å²) in [5.41, 5.74) is 5.77. The molecule has 0 radical (unpaired) electrons. The number of aromatic nitrogens is 1. The van der Waals surface area contributed by atoms with Crippen LogP contribution in [0, 0.1) is 6.92 Å². The van der Waals surface area contributed by atoms with Crippen molar-refractivity contribution in [1.82, 2.24) is 4.57 Å². The molecule has 0 saturated carbocycles. The summed E-state index contributed by atoms with van der Waals surface area (Å²) in [4.78, 5) is 10.9. The zero-order valence-electron chi connectivity index (χ0n) is 19.2. The van der Waals surface area contributed by atoms with Crippen LogP contribution in [0.25, 0.3) is 10.9 Å². The molecule has 0 aliphatic rings. The van der Waals surface area contributed by atoms with E-state index in [4.69, 9.17) is 14.6 Å². The van der Waals surface area contributed by atoms with E-state index in [9.17, 15) is 4.79 Å². The first kappa shape index (κ1) is 22.5. The van der Waals surface area contributed by atoms with Crippen molar-refractivity contribution in [3.8, 4) is 11.5 Å². The Balaban J connectivity index is 1.48. The fourth-order valence-corrected chi connectivity index (χ4v) is 4.17. The number of nitrogens with zero attached hydrogens (tertiary/aromatic N) is 1. The third-order valence-corrected chi connectivity index (χ3v) is 6.13. The number of benzene rings is 3. The normalized spacial score (nSPS) is 12.0. The molecular formula is C28H29NO4. The molecule has 4 aromatic rings. The Labute approximate surface area is 194 Å². The summed E-state index contributed by atoms with van der Waals surface area (Å²) in [7, 11) is 1.68. The lowest BCUT2D eigenvalue weighted by Crippen LogP contribution is -2.04. The van der Waals surface area contributed by atoms with Gasteiger partial charge in [0.1, 0.15) is 18.1 Å². The van der Waals surface area contributed by atoms with Crippen molar-refractivity contribution in [3.05, 3.63) is 95.2 Å². The molecule has 33 heavy (non-hydrogen) atoms. The largest absolute Gasteiger partial charge is 0.497 e. The van der Waals surface area contributed by atoms with Gasteiger partial charge in [-0.25, -0.2) is 0 Å². The average molecular weight is 444 g/mol. The molecule has 1 heterocycles. The number of hydrogen-bond acceptors (Lipinski definition) is 3. The molecule has 3 aromatic carbocycles. The fraction of sp³-hybridized carbons (Fsp3) is 0.250. The molecule has 1 unspecified atom stereocenters. The molecule has 0 saturated heterocycles. The lowest BCUT2D eigenvalue weighted by Gasteiger charge is -2.14. The summed E-state index contributed by atoms with van der Waals surface area (Å²) >= 11 is 0. The van der Waals surface area contributed by atoms with Crippen LogP contribution in [-0.2, 0) is 17.9 Å². The number of carboxylic acid groups (broad SMARTS) is 1. The van der Waals surface area contributed by atoms with Crippen LogP contribution in [0.3, 0.4) is 0 Å². The van der Waals surface area contributed by atoms with E-state index in [1.54, 1.807) is 7.11 Å². The van der Waals surface area contributed by atoms with Crippen molar-refractivity contribution in [1.29, 1.82) is 0 Å². The smallest absolute Gasteiger partial charge is 0.303 e. The van der Waals surface area contributed by atoms with Crippen molar-refractivity contribution < 1.29 is 19.4 Å². The highest BCUT2D eigenvalue weighted by molar-refractivity contribution is 5.84. The Hall–Kier alpha value is -3.73. The first-order chi connectivity index (χ1) is 15.9. The summed E-state index contributed by atoms with van der Waals surface area (Å²) in [5.74, 6) is 0.815. The maximum absolute atomic E-state index is 10.9. The quantitative estimate of drug-likeness (QED) is 0.336. The van der Waals surface area contributed by atoms with Gasteiger partial charge >= 0.3 is 5.97 Å². The van der Waals surface area contributed by atoms with Crippen molar-refractivity contribution in [2.24, 2.45) is 0 Å². The Morgan fingerprint density at radius 3 is 2.33 bits per heavy atom. The Morgan fingerprint density at radius 2 is 1.67 bits per heavy atom. The third-order valence-electron chi connectivity index (χ3n) is 6.13. The minimum atomic E-state index is -0.787. The van der Waals surface area contributed by atoms with Gasteiger partial charge in [0, 0.05) is 12.7 Å². The average Bonchev–Trinajstić information content (AvgIpc) is 3.22. The Bertz CT molecular complexity index is 1240. The molecule has 0 spiro atoms. The van der Waals surface area contributed by atoms with Gasteiger partial charge in [0.15, 0.2) is 0 Å². The van der Waals surface area contributed by atoms with E-state index in [-0.39, 0.29) is 12.3 Å². The predicted molar refractivity (Wildman–Crippen MR) is 130 cm³/mol. The number of carbonyl (C=O) groups is 1. The van der Waals surface area contributed by atoms with Crippen molar-refractivity contribution in [2.75, 3.05) is 7.11 Å². The number of carboxylic acids is 1. The van der Waals surface area contributed by atoms with E-state index in [0.29, 0.717) is 6.61 Å². The van der Waals surface area contributed by atoms with Gasteiger partial charge in [-0.1, -0.05) is 43.3 Å². The van der Waals surface area contributed by atoms with E-state index in [1.165, 1.54) is 22.0 Å². The molecule has 1 N–H and O–H groups in total. The Morgan fingerprint density at radius 1 is 0.970 bits per heavy atom. The molecule has 1 atom stereocenters. The number of ether oxygens (including phenoxy) is 2. The molecule has 5 heteroatoms. The van der Waals surface area contributed by atoms with Crippen molar-refractivity contribution >= 4 is 16.9 Å². The SMILES string of the molecule is COc1ccc(Cn2ccc3ccc(COc4ccc(C(C)CC(=O)O)cc4)c(C)c32)cc1. The highest BCUT2D eigenvalue weighted by Crippen LogP contribution is 2.27. The number of rotatable bonds is 9. The highest BCUT2D eigenvalue weighted by atomic mass is 16.5. The van der Waals surface area contributed by atoms with Crippen LogP contribution in [0.1, 0.15) is 41.5 Å². The van der Waals surface area contributed by atoms with Gasteiger partial charge in [-0.2, -0.15) is 0 Å². The second-order valence-electron chi connectivity index (χ2n) is 8.44. The summed E-state index contributed by atoms with van der Waals surface area (Å²) in [6, 6.07) is 22.3. The van der Waals surface area contributed by atoms with Crippen LogP contribution in [0.5, 0.6) is 11.5 Å². The van der Waals surface area contributed by atoms with Gasteiger partial charge in [0.25, 0.3) is 0 Å². The molecule has 0 aliphatic heterocycles. The lowest BCUT2D eigenvalue weighted by molar-refractivity contribution is -0.137. The maximum Gasteiger partial charge on any atom is 0.303 e. The monoisotopic (exact) mass is 443 g/mol. The highest BCUT2D eigenvalue weighted by Gasteiger charge is 2.12. The minimum absolute atomic E-state index is 0.0281. The lowest BCUT2D eigenvalue weighted by atomic mass is 9.98. The summed E-state index contributed by atoms with van der Waals surface area (Å²) in [6.45, 7) is 5.32. The predicted octanol–water partition coefficient (Wildman–Crippen LogP) is 6.16. The Kier molecular flexibility index (Phi) is 6.68. The second kappa shape index (κ2) is 9.82. The molecule has 0 bridgehead atoms. The number of aliphatic carboxylic acids is 1. The van der Waals surface area contributed by atoms with Crippen LogP contribution in [-0.4, -0.2) is 22.8 Å². The summed E-state index contributed by atoms with van der Waals surface area (Å²) in [6.07, 6.45) is 2.25. The molecule has 170 valence electrons. The van der Waals surface area contributed by atoms with Gasteiger partial charge in [0.05, 0.1) is 19.0 Å². The van der Waals surface area contributed by atoms with Gasteiger partial charge < -0.3 is 19.1 Å². The van der Waals surface area contributed by atoms with Crippen molar-refractivity contribution in [3.63, 3.8) is 0 Å². The van der Waals surface area contributed by atoms with Gasteiger partial charge in [-0.3, -0.25) is 4.79 Å². The number of fused-ring (bicyclic) bond motifs is 1. The summed E-state index contributed by atoms with van der Waals surface area (Å²) in [5, 5.41) is 10.2. The molecule has 1 aromatic heterocycles. The van der Waals surface area contributed by atoms with E-state index < -0.39 is 5.97 Å². The second-order valence-corrected chi connectivity index (χ2v) is 8.44. The summed E-state index contributed by atoms with van der Waals surface area (Å²) < 4.78 is 13.6. The number of hydrogen-bond donors (Lipinski definition) is 1. The molecular weight excluding hydrogens is 414 g/mol. The standard InChI is InChI=1S/C28H29NO4/c1-19(16-27(30)31)22-8-12-26(13-9-22)33-18-24-7-6-23-14-15-29(28(23)20(24)2)17-21-4-10-25(32-3)11-5-21/h4-15,19H,16-18H2,1-3H3,(H,30,31). The van der Waals surface area contributed by atoms with Gasteiger partial charge in [-0.05, 0) is 70.8 Å². The zero-order chi connectivity index (χ0) is 23.4. The first-order valence-corrected chi connectivity index (χ1v) is 11.1. The van der Waals surface area contributed by atoms with E-state index in [2.05, 4.69) is 48.0 Å². The molecule has 4 rings (SSSR count). The molecule has 0 amide bonds. The maximum atomic E-state index is 10.9. The van der Waals surface area contributed by atoms with Crippen LogP contribution in [0.4, 0.5) is 0 Å².